The number of hydrogen-bond acceptors (Lipinski definition) is 9. The molecule has 0 saturated carbocycles. The molecule has 39 heavy (non-hydrogen) atoms. The lowest BCUT2D eigenvalue weighted by molar-refractivity contribution is -0.384. The Morgan fingerprint density at radius 2 is 1.85 bits per heavy atom. The maximum absolute atomic E-state index is 14.3. The van der Waals surface area contributed by atoms with Crippen LogP contribution in [0.3, 0.4) is 0 Å². The average molecular weight is 533 g/mol. The molecule has 0 aliphatic carbocycles. The van der Waals surface area contributed by atoms with Gasteiger partial charge in [-0.2, -0.15) is 5.10 Å². The molecule has 3 heterocycles. The quantitative estimate of drug-likeness (QED) is 0.211. The molecule has 0 saturated heterocycles. The van der Waals surface area contributed by atoms with Crippen LogP contribution in [0.5, 0.6) is 11.5 Å². The van der Waals surface area contributed by atoms with E-state index in [0.29, 0.717) is 22.6 Å². The van der Waals surface area contributed by atoms with E-state index in [4.69, 9.17) is 9.47 Å². The Kier molecular flexibility index (Phi) is 6.95. The van der Waals surface area contributed by atoms with Gasteiger partial charge in [-0.1, -0.05) is 18.2 Å². The lowest BCUT2D eigenvalue weighted by atomic mass is 10.2. The third kappa shape index (κ3) is 5.14. The molecule has 2 aromatic carbocycles. The maximum Gasteiger partial charge on any atom is 0.329 e. The van der Waals surface area contributed by atoms with Crippen LogP contribution in [0.2, 0.25) is 0 Å². The summed E-state index contributed by atoms with van der Waals surface area (Å²) in [7, 11) is 3.03. The summed E-state index contributed by atoms with van der Waals surface area (Å²) < 4.78 is 40.5. The van der Waals surface area contributed by atoms with Gasteiger partial charge in [-0.15, -0.1) is 0 Å². The van der Waals surface area contributed by atoms with Gasteiger partial charge in [-0.3, -0.25) is 10.1 Å². The second kappa shape index (κ2) is 10.7. The number of nitrogens with one attached hydrogen (secondary N) is 1. The van der Waals surface area contributed by atoms with Gasteiger partial charge in [0, 0.05) is 23.7 Å². The standard InChI is InChI=1S/C26H21F2N7O4/c1-38-18-8-7-15(22(10-18)39-2)11-29-24-21(35(36)37)13-30-25(32-24)23-19-9-17(27)12-31-26(19)34(33-23)14-16-5-3-4-6-20(16)28/h3-10,12-13H,11,14H2,1-2H3,(H,29,30,32). The molecule has 0 fully saturated rings. The molecular weight excluding hydrogens is 512 g/mol. The van der Waals surface area contributed by atoms with Crippen LogP contribution in [0.15, 0.2) is 60.9 Å². The highest BCUT2D eigenvalue weighted by molar-refractivity contribution is 5.89. The molecule has 0 atom stereocenters. The minimum atomic E-state index is -0.624. The molecule has 1 N–H and O–H groups in total. The predicted octanol–water partition coefficient (Wildman–Crippen LogP) is 4.75. The van der Waals surface area contributed by atoms with Crippen molar-refractivity contribution in [2.45, 2.75) is 13.1 Å². The minimum Gasteiger partial charge on any atom is -0.497 e. The Morgan fingerprint density at radius 1 is 1.03 bits per heavy atom. The molecule has 5 aromatic rings. The zero-order valence-electron chi connectivity index (χ0n) is 20.8. The molecule has 0 aliphatic rings. The Balaban J connectivity index is 1.55. The molecule has 13 heteroatoms. The van der Waals surface area contributed by atoms with Crippen molar-refractivity contribution in [1.82, 2.24) is 24.7 Å². The lowest BCUT2D eigenvalue weighted by Crippen LogP contribution is -2.08. The van der Waals surface area contributed by atoms with E-state index in [-0.39, 0.29) is 47.1 Å². The van der Waals surface area contributed by atoms with E-state index in [1.807, 2.05) is 0 Å². The van der Waals surface area contributed by atoms with E-state index in [2.05, 4.69) is 25.4 Å². The molecule has 0 amide bonds. The first-order valence-corrected chi connectivity index (χ1v) is 11.6. The van der Waals surface area contributed by atoms with Crippen LogP contribution in [0, 0.1) is 21.7 Å². The number of nitrogens with zero attached hydrogens (tertiary/aromatic N) is 6. The fraction of sp³-hybridized carbons (Fsp3) is 0.154. The number of rotatable bonds is 9. The van der Waals surface area contributed by atoms with E-state index in [1.165, 1.54) is 31.0 Å². The largest absolute Gasteiger partial charge is 0.497 e. The van der Waals surface area contributed by atoms with Gasteiger partial charge in [-0.05, 0) is 24.3 Å². The van der Waals surface area contributed by atoms with Gasteiger partial charge in [0.05, 0.1) is 37.3 Å². The summed E-state index contributed by atoms with van der Waals surface area (Å²) in [4.78, 5) is 23.7. The van der Waals surface area contributed by atoms with Crippen LogP contribution in [-0.2, 0) is 13.1 Å². The zero-order chi connectivity index (χ0) is 27.5. The normalized spacial score (nSPS) is 11.0. The molecule has 0 spiro atoms. The highest BCUT2D eigenvalue weighted by Gasteiger charge is 2.23. The van der Waals surface area contributed by atoms with E-state index >= 15 is 0 Å². The Labute approximate surface area is 220 Å². The first-order valence-electron chi connectivity index (χ1n) is 11.6. The van der Waals surface area contributed by atoms with Crippen LogP contribution in [0.25, 0.3) is 22.6 Å². The number of pyridine rings is 1. The third-order valence-corrected chi connectivity index (χ3v) is 5.95. The van der Waals surface area contributed by atoms with Crippen molar-refractivity contribution in [2.75, 3.05) is 19.5 Å². The predicted molar refractivity (Wildman–Crippen MR) is 138 cm³/mol. The number of ether oxygens (including phenoxy) is 2. The van der Waals surface area contributed by atoms with Crippen LogP contribution < -0.4 is 14.8 Å². The number of nitro groups is 1. The van der Waals surface area contributed by atoms with E-state index in [1.54, 1.807) is 36.4 Å². The SMILES string of the molecule is COc1ccc(CNc2nc(-c3nn(Cc4ccccc4F)c4ncc(F)cc34)ncc2[N+](=O)[O-])c(OC)c1. The smallest absolute Gasteiger partial charge is 0.329 e. The first kappa shape index (κ1) is 25.4. The Morgan fingerprint density at radius 3 is 2.59 bits per heavy atom. The number of methoxy groups -OCH3 is 2. The van der Waals surface area contributed by atoms with E-state index in [9.17, 15) is 18.9 Å². The van der Waals surface area contributed by atoms with E-state index in [0.717, 1.165) is 12.4 Å². The van der Waals surface area contributed by atoms with Crippen molar-refractivity contribution in [2.24, 2.45) is 0 Å². The lowest BCUT2D eigenvalue weighted by Gasteiger charge is -2.12. The van der Waals surface area contributed by atoms with Gasteiger partial charge in [0.1, 0.15) is 35.0 Å². The van der Waals surface area contributed by atoms with Gasteiger partial charge >= 0.3 is 5.69 Å². The van der Waals surface area contributed by atoms with Crippen LogP contribution in [-0.4, -0.2) is 43.9 Å². The van der Waals surface area contributed by atoms with Crippen molar-refractivity contribution >= 4 is 22.5 Å². The highest BCUT2D eigenvalue weighted by Crippen LogP contribution is 2.31. The van der Waals surface area contributed by atoms with Crippen molar-refractivity contribution in [3.8, 4) is 23.0 Å². The number of halogens is 2. The number of hydrogen-bond donors (Lipinski definition) is 1. The fourth-order valence-electron chi connectivity index (χ4n) is 4.03. The summed E-state index contributed by atoms with van der Waals surface area (Å²) in [5.41, 5.74) is 1.08. The van der Waals surface area contributed by atoms with Crippen molar-refractivity contribution in [1.29, 1.82) is 0 Å². The average Bonchev–Trinajstić information content (AvgIpc) is 3.29. The van der Waals surface area contributed by atoms with Gasteiger partial charge in [0.15, 0.2) is 11.5 Å². The Bertz CT molecular complexity index is 1690. The number of aromatic nitrogens is 5. The van der Waals surface area contributed by atoms with E-state index < -0.39 is 16.6 Å². The Hall–Kier alpha value is -5.20. The van der Waals surface area contributed by atoms with Crippen molar-refractivity contribution in [3.63, 3.8) is 0 Å². The number of benzene rings is 2. The highest BCUT2D eigenvalue weighted by atomic mass is 19.1. The molecule has 198 valence electrons. The molecular formula is C26H21F2N7O4. The van der Waals surface area contributed by atoms with Crippen LogP contribution in [0.4, 0.5) is 20.3 Å². The second-order valence-corrected chi connectivity index (χ2v) is 8.34. The second-order valence-electron chi connectivity index (χ2n) is 8.34. The molecule has 0 aliphatic heterocycles. The first-order chi connectivity index (χ1) is 18.9. The number of anilines is 1. The van der Waals surface area contributed by atoms with Crippen molar-refractivity contribution < 1.29 is 23.2 Å². The molecule has 3 aromatic heterocycles. The van der Waals surface area contributed by atoms with Gasteiger partial charge in [0.25, 0.3) is 0 Å². The zero-order valence-corrected chi connectivity index (χ0v) is 20.8. The monoisotopic (exact) mass is 533 g/mol. The molecule has 0 bridgehead atoms. The van der Waals surface area contributed by atoms with Gasteiger partial charge < -0.3 is 14.8 Å². The molecule has 0 radical (unpaired) electrons. The van der Waals surface area contributed by atoms with Crippen LogP contribution in [0.1, 0.15) is 11.1 Å². The van der Waals surface area contributed by atoms with Crippen LogP contribution >= 0.6 is 0 Å². The molecule has 5 rings (SSSR count). The summed E-state index contributed by atoms with van der Waals surface area (Å²) in [6.45, 7) is 0.139. The summed E-state index contributed by atoms with van der Waals surface area (Å²) >= 11 is 0. The molecule has 11 nitrogen and oxygen atoms in total. The minimum absolute atomic E-state index is 0.00511. The molecule has 0 unspecified atom stereocenters. The summed E-state index contributed by atoms with van der Waals surface area (Å²) in [6, 6.07) is 12.6. The summed E-state index contributed by atoms with van der Waals surface area (Å²) in [6.07, 6.45) is 2.07. The van der Waals surface area contributed by atoms with Crippen molar-refractivity contribution in [3.05, 3.63) is 93.8 Å². The van der Waals surface area contributed by atoms with Gasteiger partial charge in [-0.25, -0.2) is 28.4 Å². The number of fused-ring (bicyclic) bond motifs is 1. The maximum atomic E-state index is 14.3. The topological polar surface area (TPSA) is 130 Å². The third-order valence-electron chi connectivity index (χ3n) is 5.95. The van der Waals surface area contributed by atoms with Gasteiger partial charge in [0.2, 0.25) is 5.82 Å². The fourth-order valence-corrected chi connectivity index (χ4v) is 4.03. The summed E-state index contributed by atoms with van der Waals surface area (Å²) in [5.74, 6) is -0.0424. The summed E-state index contributed by atoms with van der Waals surface area (Å²) in [5, 5.41) is 19.4.